The lowest BCUT2D eigenvalue weighted by atomic mass is 9.83. The van der Waals surface area contributed by atoms with Crippen molar-refractivity contribution in [1.29, 1.82) is 5.26 Å². The molecule has 0 unspecified atom stereocenters. The molecule has 4 rings (SSSR count). The molecule has 2 heterocycles. The summed E-state index contributed by atoms with van der Waals surface area (Å²) in [6.45, 7) is 1.64. The molecule has 7 heteroatoms. The highest BCUT2D eigenvalue weighted by atomic mass is 16.6. The van der Waals surface area contributed by atoms with E-state index in [0.717, 1.165) is 44.5 Å². The topological polar surface area (TPSA) is 90.5 Å². The normalized spacial score (nSPS) is 26.1. The Morgan fingerprint density at radius 2 is 2.04 bits per heavy atom. The zero-order valence-corrected chi connectivity index (χ0v) is 13.9. The first-order chi connectivity index (χ1) is 12.1. The number of nitrogens with zero attached hydrogens (tertiary/aromatic N) is 4. The lowest BCUT2D eigenvalue weighted by Gasteiger charge is -2.48. The third kappa shape index (κ3) is 2.82. The monoisotopic (exact) mass is 340 g/mol. The molecule has 2 atom stereocenters. The van der Waals surface area contributed by atoms with Crippen LogP contribution in [-0.4, -0.2) is 40.9 Å². The van der Waals surface area contributed by atoms with E-state index >= 15 is 0 Å². The summed E-state index contributed by atoms with van der Waals surface area (Å²) in [5.41, 5.74) is 0.808. The molecule has 1 aromatic rings. The average molecular weight is 340 g/mol. The van der Waals surface area contributed by atoms with Crippen molar-refractivity contribution in [3.8, 4) is 6.07 Å². The minimum Gasteiger partial charge on any atom is -0.371 e. The van der Waals surface area contributed by atoms with Gasteiger partial charge in [0.15, 0.2) is 0 Å². The predicted molar refractivity (Wildman–Crippen MR) is 91.0 cm³/mol. The summed E-state index contributed by atoms with van der Waals surface area (Å²) in [5.74, 6) is 0.743. The van der Waals surface area contributed by atoms with Crippen LogP contribution in [0.5, 0.6) is 0 Å². The van der Waals surface area contributed by atoms with Gasteiger partial charge in [-0.2, -0.15) is 5.26 Å². The Bertz CT molecular complexity index is 768. The van der Waals surface area contributed by atoms with Crippen molar-refractivity contribution in [3.05, 3.63) is 33.9 Å². The van der Waals surface area contributed by atoms with E-state index in [-0.39, 0.29) is 11.3 Å². The van der Waals surface area contributed by atoms with Gasteiger partial charge in [-0.1, -0.05) is 0 Å². The Morgan fingerprint density at radius 3 is 2.72 bits per heavy atom. The molecule has 2 aliphatic heterocycles. The molecule has 2 saturated heterocycles. The van der Waals surface area contributed by atoms with Crippen LogP contribution in [0.1, 0.15) is 37.7 Å². The van der Waals surface area contributed by atoms with E-state index in [0.29, 0.717) is 30.3 Å². The number of hydrogen-bond acceptors (Lipinski definition) is 5. The first-order valence-electron chi connectivity index (χ1n) is 8.83. The molecule has 0 bridgehead atoms. The number of hydrogen-bond donors (Lipinski definition) is 0. The fourth-order valence-electron chi connectivity index (χ4n) is 4.32. The molecule has 1 amide bonds. The molecule has 7 nitrogen and oxygen atoms in total. The van der Waals surface area contributed by atoms with Crippen LogP contribution in [0, 0.1) is 27.4 Å². The number of amides is 1. The van der Waals surface area contributed by atoms with Crippen LogP contribution >= 0.6 is 0 Å². The van der Waals surface area contributed by atoms with Gasteiger partial charge in [0.1, 0.15) is 11.6 Å². The number of carbonyl (C=O) groups is 1. The number of fused-ring (bicyclic) bond motifs is 1. The van der Waals surface area contributed by atoms with Gasteiger partial charge in [-0.25, -0.2) is 0 Å². The van der Waals surface area contributed by atoms with E-state index in [9.17, 15) is 20.2 Å². The summed E-state index contributed by atoms with van der Waals surface area (Å²) in [4.78, 5) is 27.1. The molecule has 0 N–H and O–H groups in total. The smallest absolute Gasteiger partial charge is 0.287 e. The summed E-state index contributed by atoms with van der Waals surface area (Å²) in [6, 6.07) is 7.48. The molecule has 130 valence electrons. The molecule has 1 aliphatic carbocycles. The summed E-state index contributed by atoms with van der Waals surface area (Å²) in [6.07, 6.45) is 4.71. The Morgan fingerprint density at radius 1 is 1.24 bits per heavy atom. The Hall–Kier alpha value is -2.62. The summed E-state index contributed by atoms with van der Waals surface area (Å²) in [7, 11) is 0. The van der Waals surface area contributed by atoms with Gasteiger partial charge in [-0.3, -0.25) is 14.9 Å². The van der Waals surface area contributed by atoms with Gasteiger partial charge in [0.25, 0.3) is 5.69 Å². The van der Waals surface area contributed by atoms with Crippen molar-refractivity contribution in [2.24, 2.45) is 5.92 Å². The first-order valence-corrected chi connectivity index (χ1v) is 8.83. The van der Waals surface area contributed by atoms with E-state index < -0.39 is 4.92 Å². The maximum Gasteiger partial charge on any atom is 0.287 e. The number of benzene rings is 1. The molecule has 3 aliphatic rings. The van der Waals surface area contributed by atoms with Gasteiger partial charge >= 0.3 is 0 Å². The van der Waals surface area contributed by atoms with E-state index in [1.807, 2.05) is 6.07 Å². The highest BCUT2D eigenvalue weighted by Crippen LogP contribution is 2.40. The molecular formula is C18H20N4O3. The van der Waals surface area contributed by atoms with Crippen molar-refractivity contribution in [3.63, 3.8) is 0 Å². The Balaban J connectivity index is 1.54. The summed E-state index contributed by atoms with van der Waals surface area (Å²) in [5, 5.41) is 20.2. The molecule has 1 saturated carbocycles. The third-order valence-electron chi connectivity index (χ3n) is 5.67. The highest BCUT2D eigenvalue weighted by Gasteiger charge is 2.45. The minimum atomic E-state index is -0.519. The molecule has 0 radical (unpaired) electrons. The number of nitro benzene ring substituents is 1. The molecule has 3 fully saturated rings. The average Bonchev–Trinajstić information content (AvgIpc) is 3.45. The van der Waals surface area contributed by atoms with Crippen LogP contribution in [0.2, 0.25) is 0 Å². The number of carbonyl (C=O) groups excluding carboxylic acids is 1. The van der Waals surface area contributed by atoms with Crippen LogP contribution < -0.4 is 4.90 Å². The quantitative estimate of drug-likeness (QED) is 0.623. The zero-order valence-electron chi connectivity index (χ0n) is 13.9. The first kappa shape index (κ1) is 15.9. The maximum absolute atomic E-state index is 12.3. The molecule has 0 aromatic heterocycles. The molecule has 0 spiro atoms. The Labute approximate surface area is 146 Å². The van der Waals surface area contributed by atoms with Crippen molar-refractivity contribution in [2.75, 3.05) is 18.0 Å². The van der Waals surface area contributed by atoms with Gasteiger partial charge in [0.05, 0.1) is 4.92 Å². The van der Waals surface area contributed by atoms with Crippen molar-refractivity contribution in [2.45, 2.75) is 44.2 Å². The van der Waals surface area contributed by atoms with Gasteiger partial charge in [0, 0.05) is 43.3 Å². The molecule has 25 heavy (non-hydrogen) atoms. The summed E-state index contributed by atoms with van der Waals surface area (Å²) < 4.78 is 0. The second kappa shape index (κ2) is 6.03. The highest BCUT2D eigenvalue weighted by molar-refractivity contribution is 5.78. The predicted octanol–water partition coefficient (Wildman–Crippen LogP) is 2.45. The summed E-state index contributed by atoms with van der Waals surface area (Å²) >= 11 is 0. The maximum atomic E-state index is 12.3. The van der Waals surface area contributed by atoms with Crippen molar-refractivity contribution in [1.82, 2.24) is 4.90 Å². The Kier molecular flexibility index (Phi) is 3.83. The van der Waals surface area contributed by atoms with E-state index in [1.54, 1.807) is 12.1 Å². The number of likely N-dealkylation sites (tertiary alicyclic amines) is 1. The van der Waals surface area contributed by atoms with E-state index in [4.69, 9.17) is 0 Å². The lowest BCUT2D eigenvalue weighted by Crippen LogP contribution is -2.56. The third-order valence-corrected chi connectivity index (χ3v) is 5.67. The van der Waals surface area contributed by atoms with Gasteiger partial charge < -0.3 is 9.80 Å². The number of nitriles is 1. The van der Waals surface area contributed by atoms with Gasteiger partial charge in [0.2, 0.25) is 5.91 Å². The van der Waals surface area contributed by atoms with Crippen LogP contribution in [0.3, 0.4) is 0 Å². The number of rotatable bonds is 3. The molecular weight excluding hydrogens is 320 g/mol. The second-order valence-corrected chi connectivity index (χ2v) is 7.20. The van der Waals surface area contributed by atoms with Crippen molar-refractivity contribution >= 4 is 17.3 Å². The lowest BCUT2D eigenvalue weighted by molar-refractivity contribution is -0.385. The molecule has 1 aromatic carbocycles. The fraction of sp³-hybridized carbons (Fsp3) is 0.556. The second-order valence-electron chi connectivity index (χ2n) is 7.20. The number of anilines is 1. The largest absolute Gasteiger partial charge is 0.371 e. The van der Waals surface area contributed by atoms with Crippen molar-refractivity contribution < 1.29 is 9.72 Å². The number of piperidine rings is 2. The van der Waals surface area contributed by atoms with Crippen LogP contribution in [0.15, 0.2) is 18.2 Å². The fourth-order valence-corrected chi connectivity index (χ4v) is 4.32. The van der Waals surface area contributed by atoms with Crippen LogP contribution in [-0.2, 0) is 4.79 Å². The SMILES string of the molecule is N#Cc1cc(N2CC[C@H]3[C@H](CCC(=O)N3C3CC3)C2)ccc1[N+](=O)[O-]. The van der Waals surface area contributed by atoms with Crippen LogP contribution in [0.25, 0.3) is 0 Å². The van der Waals surface area contributed by atoms with E-state index in [2.05, 4.69) is 9.80 Å². The number of nitro groups is 1. The van der Waals surface area contributed by atoms with Gasteiger partial charge in [-0.05, 0) is 43.7 Å². The minimum absolute atomic E-state index is 0.100. The standard InChI is InChI=1S/C18H20N4O3/c19-10-13-9-15(4-5-17(13)22(24)25)20-8-7-16-12(11-20)1-6-18(23)21(16)14-2-3-14/h4-5,9,12,14,16H,1-3,6-8,11H2/t12-,16+/m1/s1. The van der Waals surface area contributed by atoms with Gasteiger partial charge in [-0.15, -0.1) is 0 Å². The van der Waals surface area contributed by atoms with E-state index in [1.165, 1.54) is 6.07 Å². The van der Waals surface area contributed by atoms with Crippen LogP contribution in [0.4, 0.5) is 11.4 Å². The zero-order chi connectivity index (χ0) is 17.6.